The van der Waals surface area contributed by atoms with E-state index in [1.54, 1.807) is 0 Å². The van der Waals surface area contributed by atoms with Gasteiger partial charge in [-0.05, 0) is 48.8 Å². The summed E-state index contributed by atoms with van der Waals surface area (Å²) in [5, 5.41) is 11.8. The van der Waals surface area contributed by atoms with Crippen molar-refractivity contribution in [1.82, 2.24) is 20.5 Å². The Morgan fingerprint density at radius 3 is 2.80 bits per heavy atom. The molecular weight excluding hydrogens is 292 g/mol. The SMILES string of the molecule is Cc1nc(Sc2ccc(CNCC(C)C)cc2Cl)n[nH]1. The van der Waals surface area contributed by atoms with E-state index in [1.807, 2.05) is 19.1 Å². The molecule has 2 N–H and O–H groups in total. The molecule has 2 rings (SSSR count). The van der Waals surface area contributed by atoms with Gasteiger partial charge in [0.2, 0.25) is 5.16 Å². The summed E-state index contributed by atoms with van der Waals surface area (Å²) in [5.74, 6) is 1.45. The average molecular weight is 311 g/mol. The normalized spacial score (nSPS) is 11.2. The van der Waals surface area contributed by atoms with Crippen LogP contribution in [0.2, 0.25) is 5.02 Å². The molecule has 0 aliphatic carbocycles. The summed E-state index contributed by atoms with van der Waals surface area (Å²) in [7, 11) is 0. The Hall–Kier alpha value is -1.04. The lowest BCUT2D eigenvalue weighted by Crippen LogP contribution is -2.18. The highest BCUT2D eigenvalue weighted by Gasteiger charge is 2.07. The van der Waals surface area contributed by atoms with Gasteiger partial charge >= 0.3 is 0 Å². The number of hydrogen-bond donors (Lipinski definition) is 2. The highest BCUT2D eigenvalue weighted by Crippen LogP contribution is 2.31. The third-order valence-electron chi connectivity index (χ3n) is 2.66. The average Bonchev–Trinajstić information content (AvgIpc) is 2.78. The fraction of sp³-hybridized carbons (Fsp3) is 0.429. The third kappa shape index (κ3) is 4.51. The molecule has 20 heavy (non-hydrogen) atoms. The van der Waals surface area contributed by atoms with Gasteiger partial charge in [0, 0.05) is 11.4 Å². The standard InChI is InChI=1S/C14H19ClN4S/c1-9(2)7-16-8-11-4-5-13(12(15)6-11)20-14-17-10(3)18-19-14/h4-6,9,16H,7-8H2,1-3H3,(H,17,18,19). The molecule has 0 aliphatic rings. The minimum absolute atomic E-state index is 0.647. The van der Waals surface area contributed by atoms with Crippen molar-refractivity contribution in [2.75, 3.05) is 6.54 Å². The maximum Gasteiger partial charge on any atom is 0.213 e. The number of aryl methyl sites for hydroxylation is 1. The van der Waals surface area contributed by atoms with E-state index in [0.717, 1.165) is 28.8 Å². The first-order chi connectivity index (χ1) is 9.54. The molecule has 108 valence electrons. The van der Waals surface area contributed by atoms with Gasteiger partial charge in [0.25, 0.3) is 0 Å². The van der Waals surface area contributed by atoms with E-state index in [0.29, 0.717) is 11.1 Å². The molecule has 0 aliphatic heterocycles. The van der Waals surface area contributed by atoms with Crippen molar-refractivity contribution in [2.24, 2.45) is 5.92 Å². The summed E-state index contributed by atoms with van der Waals surface area (Å²) in [6.07, 6.45) is 0. The van der Waals surface area contributed by atoms with Crippen LogP contribution in [-0.2, 0) is 6.54 Å². The van der Waals surface area contributed by atoms with Crippen LogP contribution in [0.15, 0.2) is 28.3 Å². The number of H-pyrrole nitrogens is 1. The van der Waals surface area contributed by atoms with E-state index in [1.165, 1.54) is 17.3 Å². The number of benzene rings is 1. The first-order valence-corrected chi connectivity index (χ1v) is 7.80. The van der Waals surface area contributed by atoms with E-state index < -0.39 is 0 Å². The number of halogens is 1. The number of aromatic nitrogens is 3. The second-order valence-electron chi connectivity index (χ2n) is 5.09. The zero-order valence-electron chi connectivity index (χ0n) is 11.9. The molecule has 0 amide bonds. The lowest BCUT2D eigenvalue weighted by atomic mass is 10.2. The summed E-state index contributed by atoms with van der Waals surface area (Å²) in [4.78, 5) is 5.23. The molecule has 2 aromatic rings. The van der Waals surface area contributed by atoms with Gasteiger partial charge in [-0.25, -0.2) is 4.98 Å². The summed E-state index contributed by atoms with van der Waals surface area (Å²) in [5.41, 5.74) is 1.19. The number of aromatic amines is 1. The van der Waals surface area contributed by atoms with Gasteiger partial charge in [-0.15, -0.1) is 5.10 Å². The third-order valence-corrected chi connectivity index (χ3v) is 4.02. The van der Waals surface area contributed by atoms with Gasteiger partial charge in [0.05, 0.1) is 5.02 Å². The molecule has 0 bridgehead atoms. The van der Waals surface area contributed by atoms with E-state index >= 15 is 0 Å². The van der Waals surface area contributed by atoms with Gasteiger partial charge in [-0.1, -0.05) is 31.5 Å². The summed E-state index contributed by atoms with van der Waals surface area (Å²) >= 11 is 7.78. The van der Waals surface area contributed by atoms with Gasteiger partial charge in [-0.2, -0.15) is 0 Å². The smallest absolute Gasteiger partial charge is 0.213 e. The van der Waals surface area contributed by atoms with Crippen LogP contribution in [0, 0.1) is 12.8 Å². The molecule has 0 unspecified atom stereocenters. The first-order valence-electron chi connectivity index (χ1n) is 6.60. The second-order valence-corrected chi connectivity index (χ2v) is 6.51. The Labute approximate surface area is 128 Å². The largest absolute Gasteiger partial charge is 0.312 e. The molecule has 0 radical (unpaired) electrons. The zero-order chi connectivity index (χ0) is 14.5. The molecule has 0 spiro atoms. The molecule has 0 fully saturated rings. The van der Waals surface area contributed by atoms with Gasteiger partial charge in [0.15, 0.2) is 0 Å². The van der Waals surface area contributed by atoms with E-state index in [9.17, 15) is 0 Å². The van der Waals surface area contributed by atoms with Crippen LogP contribution < -0.4 is 5.32 Å². The molecule has 0 saturated heterocycles. The van der Waals surface area contributed by atoms with Crippen LogP contribution in [0.4, 0.5) is 0 Å². The molecule has 6 heteroatoms. The topological polar surface area (TPSA) is 53.6 Å². The van der Waals surface area contributed by atoms with Crippen LogP contribution in [0.1, 0.15) is 25.2 Å². The second kappa shape index (κ2) is 7.11. The Bertz CT molecular complexity index is 568. The maximum absolute atomic E-state index is 6.31. The predicted octanol–water partition coefficient (Wildman–Crippen LogP) is 3.66. The summed E-state index contributed by atoms with van der Waals surface area (Å²) in [6, 6.07) is 6.10. The van der Waals surface area contributed by atoms with Crippen LogP contribution in [-0.4, -0.2) is 21.7 Å². The minimum Gasteiger partial charge on any atom is -0.312 e. The quantitative estimate of drug-likeness (QED) is 0.855. The molecule has 0 saturated carbocycles. The minimum atomic E-state index is 0.647. The van der Waals surface area contributed by atoms with Gasteiger partial charge in [0.1, 0.15) is 5.82 Å². The molecule has 1 aromatic carbocycles. The highest BCUT2D eigenvalue weighted by atomic mass is 35.5. The maximum atomic E-state index is 6.31. The van der Waals surface area contributed by atoms with E-state index in [4.69, 9.17) is 11.6 Å². The van der Waals surface area contributed by atoms with Gasteiger partial charge < -0.3 is 5.32 Å². The predicted molar refractivity (Wildman–Crippen MR) is 83.2 cm³/mol. The number of nitrogens with zero attached hydrogens (tertiary/aromatic N) is 2. The highest BCUT2D eigenvalue weighted by molar-refractivity contribution is 7.99. The van der Waals surface area contributed by atoms with Crippen molar-refractivity contribution in [1.29, 1.82) is 0 Å². The van der Waals surface area contributed by atoms with E-state index in [-0.39, 0.29) is 0 Å². The summed E-state index contributed by atoms with van der Waals surface area (Å²) in [6.45, 7) is 8.10. The molecule has 0 atom stereocenters. The Morgan fingerprint density at radius 2 is 2.20 bits per heavy atom. The van der Waals surface area contributed by atoms with Crippen LogP contribution >= 0.6 is 23.4 Å². The molecule has 4 nitrogen and oxygen atoms in total. The first kappa shape index (κ1) is 15.4. The van der Waals surface area contributed by atoms with Gasteiger partial charge in [-0.3, -0.25) is 5.10 Å². The fourth-order valence-electron chi connectivity index (χ4n) is 1.71. The Balaban J connectivity index is 1.98. The fourth-order valence-corrected chi connectivity index (χ4v) is 2.79. The van der Waals surface area contributed by atoms with Crippen molar-refractivity contribution in [3.63, 3.8) is 0 Å². The molecule has 1 heterocycles. The molecular formula is C14H19ClN4S. The van der Waals surface area contributed by atoms with Crippen LogP contribution in [0.25, 0.3) is 0 Å². The molecule has 1 aromatic heterocycles. The van der Waals surface area contributed by atoms with Crippen LogP contribution in [0.3, 0.4) is 0 Å². The lowest BCUT2D eigenvalue weighted by molar-refractivity contribution is 0.552. The Morgan fingerprint density at radius 1 is 1.40 bits per heavy atom. The lowest BCUT2D eigenvalue weighted by Gasteiger charge is -2.09. The van der Waals surface area contributed by atoms with Crippen molar-refractivity contribution < 1.29 is 0 Å². The van der Waals surface area contributed by atoms with Crippen molar-refractivity contribution in [2.45, 2.75) is 37.4 Å². The number of rotatable bonds is 6. The van der Waals surface area contributed by atoms with Crippen molar-refractivity contribution in [3.05, 3.63) is 34.6 Å². The monoisotopic (exact) mass is 310 g/mol. The van der Waals surface area contributed by atoms with Crippen LogP contribution in [0.5, 0.6) is 0 Å². The number of nitrogens with one attached hydrogen (secondary N) is 2. The van der Waals surface area contributed by atoms with Crippen molar-refractivity contribution in [3.8, 4) is 0 Å². The Kier molecular flexibility index (Phi) is 5.46. The zero-order valence-corrected chi connectivity index (χ0v) is 13.5. The summed E-state index contributed by atoms with van der Waals surface area (Å²) < 4.78 is 0. The van der Waals surface area contributed by atoms with E-state index in [2.05, 4.69) is 40.4 Å². The van der Waals surface area contributed by atoms with Crippen molar-refractivity contribution >= 4 is 23.4 Å². The number of hydrogen-bond acceptors (Lipinski definition) is 4.